The van der Waals surface area contributed by atoms with Crippen LogP contribution in [-0.2, 0) is 15.5 Å². The maximum atomic E-state index is 9.93. The lowest BCUT2D eigenvalue weighted by Crippen LogP contribution is -2.19. The van der Waals surface area contributed by atoms with Gasteiger partial charge < -0.3 is 14.1 Å². The molecule has 0 aromatic rings. The van der Waals surface area contributed by atoms with Gasteiger partial charge in [-0.3, -0.25) is 0 Å². The molecule has 0 aliphatic rings. The Hall–Kier alpha value is 0.0300. The summed E-state index contributed by atoms with van der Waals surface area (Å²) >= 11 is -2.36. The molecule has 0 saturated carbocycles. The zero-order chi connectivity index (χ0) is 10.1. The molecule has 1 atom stereocenters. The number of hydrogen-bond donors (Lipinski definition) is 1. The molecule has 0 heterocycles. The van der Waals surface area contributed by atoms with E-state index >= 15 is 0 Å². The first kappa shape index (κ1) is 13.0. The molecule has 0 aromatic heterocycles. The Kier molecular flexibility index (Phi) is 8.64. The summed E-state index contributed by atoms with van der Waals surface area (Å²) in [7, 11) is 0. The second-order valence-electron chi connectivity index (χ2n) is 3.31. The Balaban J connectivity index is 2.96. The van der Waals surface area contributed by atoms with E-state index in [9.17, 15) is 8.76 Å². The fourth-order valence-electron chi connectivity index (χ4n) is 0.840. The van der Waals surface area contributed by atoms with Crippen LogP contribution in [0.4, 0.5) is 0 Å². The Bertz CT molecular complexity index is 141. The quantitative estimate of drug-likeness (QED) is 0.474. The van der Waals surface area contributed by atoms with Gasteiger partial charge in [0.15, 0.2) is 0 Å². The van der Waals surface area contributed by atoms with Gasteiger partial charge in [0.2, 0.25) is 0 Å². The maximum Gasteiger partial charge on any atom is 0.0842 e. The molecule has 0 saturated heterocycles. The highest BCUT2D eigenvalue weighted by Gasteiger charge is 1.93. The molecule has 1 unspecified atom stereocenters. The second kappa shape index (κ2) is 8.62. The van der Waals surface area contributed by atoms with E-state index in [1.54, 1.807) is 0 Å². The van der Waals surface area contributed by atoms with Crippen molar-refractivity contribution in [1.82, 2.24) is 5.32 Å². The van der Waals surface area contributed by atoms with Gasteiger partial charge in [-0.2, -0.15) is 0 Å². The Morgan fingerprint density at radius 2 is 2.15 bits per heavy atom. The van der Waals surface area contributed by atoms with E-state index in [-0.39, 0.29) is 6.61 Å². The van der Waals surface area contributed by atoms with Crippen LogP contribution in [0, 0.1) is 5.92 Å². The van der Waals surface area contributed by atoms with Crippen LogP contribution in [0.25, 0.3) is 0 Å². The summed E-state index contributed by atoms with van der Waals surface area (Å²) in [6.07, 6.45) is 1.88. The smallest absolute Gasteiger partial charge is 0.0842 e. The van der Waals surface area contributed by atoms with Crippen molar-refractivity contribution in [3.05, 3.63) is 0 Å². The van der Waals surface area contributed by atoms with E-state index in [1.165, 1.54) is 0 Å². The molecular weight excluding hydrogens is 190 g/mol. The summed E-state index contributed by atoms with van der Waals surface area (Å²) < 4.78 is 24.2. The molecule has 0 radical (unpaired) electrons. The van der Waals surface area contributed by atoms with E-state index in [4.69, 9.17) is 0 Å². The fourth-order valence-corrected chi connectivity index (χ4v) is 1.09. The zero-order valence-corrected chi connectivity index (χ0v) is 9.06. The van der Waals surface area contributed by atoms with Gasteiger partial charge in [-0.1, -0.05) is 13.8 Å². The minimum Gasteiger partial charge on any atom is -0.750 e. The molecule has 80 valence electrons. The largest absolute Gasteiger partial charge is 0.750 e. The van der Waals surface area contributed by atoms with E-state index in [0.717, 1.165) is 25.9 Å². The van der Waals surface area contributed by atoms with Gasteiger partial charge in [0.25, 0.3) is 0 Å². The van der Waals surface area contributed by atoms with Crippen molar-refractivity contribution in [2.75, 3.05) is 19.7 Å². The van der Waals surface area contributed by atoms with Gasteiger partial charge in [-0.15, -0.1) is 0 Å². The molecule has 5 heteroatoms. The van der Waals surface area contributed by atoms with Crippen molar-refractivity contribution in [2.45, 2.75) is 26.7 Å². The first-order valence-corrected chi connectivity index (χ1v) is 5.56. The zero-order valence-electron chi connectivity index (χ0n) is 8.25. The molecule has 4 nitrogen and oxygen atoms in total. The van der Waals surface area contributed by atoms with Crippen molar-refractivity contribution >= 4 is 11.4 Å². The van der Waals surface area contributed by atoms with Gasteiger partial charge in [-0.25, -0.2) is 4.21 Å². The average Bonchev–Trinajstić information content (AvgIpc) is 2.01. The molecule has 0 rings (SSSR count). The van der Waals surface area contributed by atoms with Crippen LogP contribution in [0.3, 0.4) is 0 Å². The SMILES string of the molecule is CC(C)CCNCCCOS(=O)[O-]. The van der Waals surface area contributed by atoms with Crippen molar-refractivity contribution in [3.63, 3.8) is 0 Å². The topological polar surface area (TPSA) is 61.4 Å². The average molecular weight is 208 g/mol. The highest BCUT2D eigenvalue weighted by molar-refractivity contribution is 7.74. The normalized spacial score (nSPS) is 13.5. The van der Waals surface area contributed by atoms with E-state index in [2.05, 4.69) is 23.3 Å². The second-order valence-corrected chi connectivity index (χ2v) is 3.96. The van der Waals surface area contributed by atoms with Crippen LogP contribution in [0.5, 0.6) is 0 Å². The third-order valence-electron chi connectivity index (χ3n) is 1.58. The van der Waals surface area contributed by atoms with E-state index in [1.807, 2.05) is 0 Å². The lowest BCUT2D eigenvalue weighted by Gasteiger charge is -2.07. The minimum atomic E-state index is -2.36. The highest BCUT2D eigenvalue weighted by Crippen LogP contribution is 1.96. The maximum absolute atomic E-state index is 9.93. The summed E-state index contributed by atoms with van der Waals surface area (Å²) in [5.74, 6) is 0.706. The van der Waals surface area contributed by atoms with Crippen LogP contribution in [0.15, 0.2) is 0 Å². The van der Waals surface area contributed by atoms with Crippen molar-refractivity contribution in [1.29, 1.82) is 0 Å². The molecule has 13 heavy (non-hydrogen) atoms. The van der Waals surface area contributed by atoms with Gasteiger partial charge in [0.1, 0.15) is 0 Å². The number of rotatable bonds is 8. The molecule has 0 aliphatic carbocycles. The van der Waals surface area contributed by atoms with Gasteiger partial charge >= 0.3 is 0 Å². The minimum absolute atomic E-state index is 0.269. The molecule has 1 N–H and O–H groups in total. The molecule has 0 aromatic carbocycles. The molecule has 0 fully saturated rings. The lowest BCUT2D eigenvalue weighted by molar-refractivity contribution is 0.293. The molecule has 0 spiro atoms. The van der Waals surface area contributed by atoms with Crippen LogP contribution in [-0.4, -0.2) is 28.5 Å². The summed E-state index contributed by atoms with van der Waals surface area (Å²) in [6, 6.07) is 0. The highest BCUT2D eigenvalue weighted by atomic mass is 32.2. The van der Waals surface area contributed by atoms with Gasteiger partial charge in [0.05, 0.1) is 18.0 Å². The monoisotopic (exact) mass is 208 g/mol. The summed E-state index contributed by atoms with van der Waals surface area (Å²) in [6.45, 7) is 6.41. The number of nitrogens with one attached hydrogen (secondary N) is 1. The first-order valence-electron chi connectivity index (χ1n) is 4.56. The Morgan fingerprint density at radius 3 is 2.69 bits per heavy atom. The first-order chi connectivity index (χ1) is 6.13. The van der Waals surface area contributed by atoms with Crippen LogP contribution in [0.1, 0.15) is 26.7 Å². The molecular formula is C8H18NO3S-. The summed E-state index contributed by atoms with van der Waals surface area (Å²) in [4.78, 5) is 0. The van der Waals surface area contributed by atoms with Gasteiger partial charge in [0, 0.05) is 0 Å². The van der Waals surface area contributed by atoms with Crippen molar-refractivity contribution in [3.8, 4) is 0 Å². The van der Waals surface area contributed by atoms with Crippen LogP contribution < -0.4 is 5.32 Å². The summed E-state index contributed by atoms with van der Waals surface area (Å²) in [5, 5.41) is 3.21. The van der Waals surface area contributed by atoms with E-state index < -0.39 is 11.4 Å². The lowest BCUT2D eigenvalue weighted by atomic mass is 10.1. The predicted octanol–water partition coefficient (Wildman–Crippen LogP) is 0.823. The summed E-state index contributed by atoms with van der Waals surface area (Å²) in [5.41, 5.74) is 0. The van der Waals surface area contributed by atoms with Crippen molar-refractivity contribution in [2.24, 2.45) is 5.92 Å². The third kappa shape index (κ3) is 12.0. The predicted molar refractivity (Wildman–Crippen MR) is 51.8 cm³/mol. The fraction of sp³-hybridized carbons (Fsp3) is 1.00. The third-order valence-corrected chi connectivity index (χ3v) is 1.94. The standard InChI is InChI=1S/C8H19NO3S/c1-8(2)4-6-9-5-3-7-12-13(10)11/h8-9H,3-7H2,1-2H3,(H,10,11)/p-1. The number of hydrogen-bond acceptors (Lipinski definition) is 4. The molecule has 0 aliphatic heterocycles. The molecule has 0 bridgehead atoms. The van der Waals surface area contributed by atoms with Gasteiger partial charge in [-0.05, 0) is 31.8 Å². The Morgan fingerprint density at radius 1 is 1.46 bits per heavy atom. The van der Waals surface area contributed by atoms with E-state index in [0.29, 0.717) is 5.92 Å². The van der Waals surface area contributed by atoms with Crippen LogP contribution >= 0.6 is 0 Å². The molecule has 0 amide bonds. The Labute approximate surface area is 82.5 Å². The van der Waals surface area contributed by atoms with Crippen molar-refractivity contribution < 1.29 is 12.9 Å². The van der Waals surface area contributed by atoms with Crippen LogP contribution in [0.2, 0.25) is 0 Å².